The summed E-state index contributed by atoms with van der Waals surface area (Å²) in [7, 11) is 1.62. The molecular formula is C31H28FN7O2. The summed E-state index contributed by atoms with van der Waals surface area (Å²) in [6, 6.07) is 14.6. The van der Waals surface area contributed by atoms with Crippen LogP contribution in [0.2, 0.25) is 0 Å². The third-order valence-corrected chi connectivity index (χ3v) is 7.51. The number of H-pyrrole nitrogens is 2. The number of hydrogen-bond acceptors (Lipinski definition) is 7. The van der Waals surface area contributed by atoms with Crippen molar-refractivity contribution in [2.75, 3.05) is 33.4 Å². The maximum Gasteiger partial charge on any atom is 0.160 e. The Morgan fingerprint density at radius 2 is 1.83 bits per heavy atom. The SMILES string of the molecule is COc1cncc(-c2ccc3[nH]nc(-c4nc5c(-c6cc(F)cc(OCCN7CCCC7)c6)ccnc5[nH]4)c3c2)c1. The van der Waals surface area contributed by atoms with Crippen molar-refractivity contribution in [3.8, 4) is 45.3 Å². The lowest BCUT2D eigenvalue weighted by atomic mass is 10.0. The van der Waals surface area contributed by atoms with Crippen molar-refractivity contribution >= 4 is 22.1 Å². The molecule has 0 spiro atoms. The van der Waals surface area contributed by atoms with Crippen molar-refractivity contribution in [3.05, 3.63) is 72.9 Å². The Morgan fingerprint density at radius 3 is 2.71 bits per heavy atom. The van der Waals surface area contributed by atoms with Crippen LogP contribution in [0.1, 0.15) is 12.8 Å². The molecule has 0 bridgehead atoms. The molecule has 0 unspecified atom stereocenters. The number of fused-ring (bicyclic) bond motifs is 2. The van der Waals surface area contributed by atoms with Crippen molar-refractivity contribution < 1.29 is 13.9 Å². The summed E-state index contributed by atoms with van der Waals surface area (Å²) in [5, 5.41) is 8.54. The fourth-order valence-electron chi connectivity index (χ4n) is 5.42. The first-order valence-electron chi connectivity index (χ1n) is 13.6. The van der Waals surface area contributed by atoms with Gasteiger partial charge in [-0.15, -0.1) is 0 Å². The quantitative estimate of drug-likeness (QED) is 0.245. The number of halogens is 1. The minimum absolute atomic E-state index is 0.364. The number of methoxy groups -OCH3 is 1. The van der Waals surface area contributed by atoms with Gasteiger partial charge in [0.2, 0.25) is 0 Å². The summed E-state index contributed by atoms with van der Waals surface area (Å²) in [6.45, 7) is 3.54. The summed E-state index contributed by atoms with van der Waals surface area (Å²) in [6.07, 6.45) is 7.61. The highest BCUT2D eigenvalue weighted by molar-refractivity contribution is 5.97. The van der Waals surface area contributed by atoms with E-state index < -0.39 is 0 Å². The largest absolute Gasteiger partial charge is 0.495 e. The number of hydrogen-bond donors (Lipinski definition) is 2. The van der Waals surface area contributed by atoms with Crippen molar-refractivity contribution in [1.82, 2.24) is 35.0 Å². The average Bonchev–Trinajstić information content (AvgIpc) is 3.76. The Balaban J connectivity index is 1.23. The molecular weight excluding hydrogens is 521 g/mol. The van der Waals surface area contributed by atoms with Gasteiger partial charge in [0.1, 0.15) is 35.1 Å². The van der Waals surface area contributed by atoms with E-state index in [2.05, 4.69) is 30.0 Å². The second-order valence-corrected chi connectivity index (χ2v) is 10.2. The topological polar surface area (TPSA) is 105 Å². The van der Waals surface area contributed by atoms with Crippen LogP contribution in [0.15, 0.2) is 67.1 Å². The number of likely N-dealkylation sites (tertiary alicyclic amines) is 1. The number of aromatic nitrogens is 6. The first-order chi connectivity index (χ1) is 20.1. The van der Waals surface area contributed by atoms with E-state index in [9.17, 15) is 4.39 Å². The molecule has 10 heteroatoms. The maximum absolute atomic E-state index is 14.7. The number of benzene rings is 2. The molecule has 1 fully saturated rings. The van der Waals surface area contributed by atoms with E-state index in [-0.39, 0.29) is 5.82 Å². The number of ether oxygens (including phenoxy) is 2. The van der Waals surface area contributed by atoms with E-state index in [0.29, 0.717) is 46.4 Å². The number of rotatable bonds is 8. The highest BCUT2D eigenvalue weighted by atomic mass is 19.1. The van der Waals surface area contributed by atoms with Crippen LogP contribution in [0.5, 0.6) is 11.5 Å². The van der Waals surface area contributed by atoms with Crippen LogP contribution in [-0.2, 0) is 0 Å². The van der Waals surface area contributed by atoms with Crippen LogP contribution in [0, 0.1) is 5.82 Å². The molecule has 0 saturated carbocycles. The third-order valence-electron chi connectivity index (χ3n) is 7.51. The standard InChI is InChI=1S/C31H28FN7O2/c1-40-24-14-21(17-33-18-24)19-4-5-27-26(15-19)29(38-37-27)31-35-28-25(6-7-34-30(28)36-31)20-12-22(32)16-23(13-20)41-11-10-39-8-2-3-9-39/h4-7,12-18H,2-3,8-11H2,1H3,(H,37,38)(H,34,35,36). The van der Waals surface area contributed by atoms with E-state index in [1.165, 1.54) is 25.0 Å². The molecule has 7 rings (SSSR count). The Morgan fingerprint density at radius 1 is 0.951 bits per heavy atom. The molecule has 0 radical (unpaired) electrons. The molecule has 0 aliphatic carbocycles. The fraction of sp³-hybridized carbons (Fsp3) is 0.226. The summed E-state index contributed by atoms with van der Waals surface area (Å²) < 4.78 is 26.0. The minimum atomic E-state index is -0.364. The zero-order valence-electron chi connectivity index (χ0n) is 22.5. The number of pyridine rings is 2. The fourth-order valence-corrected chi connectivity index (χ4v) is 5.42. The smallest absolute Gasteiger partial charge is 0.160 e. The average molecular weight is 550 g/mol. The number of aromatic amines is 2. The summed E-state index contributed by atoms with van der Waals surface area (Å²) >= 11 is 0. The molecule has 4 aromatic heterocycles. The summed E-state index contributed by atoms with van der Waals surface area (Å²) in [4.78, 5) is 19.3. The number of nitrogens with one attached hydrogen (secondary N) is 2. The van der Waals surface area contributed by atoms with Gasteiger partial charge in [0.05, 0.1) is 18.8 Å². The molecule has 0 atom stereocenters. The van der Waals surface area contributed by atoms with Gasteiger partial charge in [-0.25, -0.2) is 14.4 Å². The van der Waals surface area contributed by atoms with Crippen molar-refractivity contribution in [2.24, 2.45) is 0 Å². The molecule has 0 amide bonds. The highest BCUT2D eigenvalue weighted by Crippen LogP contribution is 2.34. The third kappa shape index (κ3) is 4.98. The van der Waals surface area contributed by atoms with Crippen molar-refractivity contribution in [2.45, 2.75) is 12.8 Å². The van der Waals surface area contributed by atoms with Crippen LogP contribution >= 0.6 is 0 Å². The van der Waals surface area contributed by atoms with Crippen LogP contribution in [0.4, 0.5) is 4.39 Å². The second kappa shape index (κ2) is 10.6. The maximum atomic E-state index is 14.7. The Kier molecular flexibility index (Phi) is 6.52. The predicted octanol–water partition coefficient (Wildman–Crippen LogP) is 5.85. The van der Waals surface area contributed by atoms with Gasteiger partial charge in [0.15, 0.2) is 11.5 Å². The Hall–Kier alpha value is -4.83. The normalized spacial score (nSPS) is 13.8. The van der Waals surface area contributed by atoms with Crippen molar-refractivity contribution in [3.63, 3.8) is 0 Å². The van der Waals surface area contributed by atoms with Crippen LogP contribution in [0.25, 0.3) is 55.8 Å². The van der Waals surface area contributed by atoms with Gasteiger partial charge < -0.3 is 14.5 Å². The van der Waals surface area contributed by atoms with Gasteiger partial charge in [0.25, 0.3) is 0 Å². The lowest BCUT2D eigenvalue weighted by molar-refractivity contribution is 0.237. The monoisotopic (exact) mass is 549 g/mol. The highest BCUT2D eigenvalue weighted by Gasteiger charge is 2.18. The van der Waals surface area contributed by atoms with E-state index in [0.717, 1.165) is 47.2 Å². The molecule has 9 nitrogen and oxygen atoms in total. The Bertz CT molecular complexity index is 1860. The number of nitrogens with zero attached hydrogens (tertiary/aromatic N) is 5. The number of imidazole rings is 1. The first kappa shape index (κ1) is 25.2. The first-order valence-corrected chi connectivity index (χ1v) is 13.6. The molecule has 1 aliphatic rings. The lowest BCUT2D eigenvalue weighted by Crippen LogP contribution is -2.25. The molecule has 5 heterocycles. The summed E-state index contributed by atoms with van der Waals surface area (Å²) in [5.74, 6) is 1.38. The Labute approximate surface area is 235 Å². The van der Waals surface area contributed by atoms with Crippen molar-refractivity contribution in [1.29, 1.82) is 0 Å². The second-order valence-electron chi connectivity index (χ2n) is 10.2. The van der Waals surface area contributed by atoms with E-state index in [1.54, 1.807) is 25.7 Å². The van der Waals surface area contributed by atoms with Crippen LogP contribution < -0.4 is 9.47 Å². The van der Waals surface area contributed by atoms with Gasteiger partial charge in [-0.1, -0.05) is 6.07 Å². The molecule has 6 aromatic rings. The molecule has 2 aromatic carbocycles. The van der Waals surface area contributed by atoms with Gasteiger partial charge in [-0.3, -0.25) is 15.0 Å². The zero-order valence-corrected chi connectivity index (χ0v) is 22.5. The van der Waals surface area contributed by atoms with Gasteiger partial charge in [-0.05, 0) is 73.5 Å². The molecule has 2 N–H and O–H groups in total. The van der Waals surface area contributed by atoms with Gasteiger partial charge >= 0.3 is 0 Å². The van der Waals surface area contributed by atoms with E-state index in [4.69, 9.17) is 14.5 Å². The minimum Gasteiger partial charge on any atom is -0.495 e. The zero-order chi connectivity index (χ0) is 27.8. The summed E-state index contributed by atoms with van der Waals surface area (Å²) in [5.41, 5.74) is 6.06. The molecule has 1 aliphatic heterocycles. The molecule has 1 saturated heterocycles. The van der Waals surface area contributed by atoms with E-state index >= 15 is 0 Å². The van der Waals surface area contributed by atoms with E-state index in [1.807, 2.05) is 36.4 Å². The molecule has 41 heavy (non-hydrogen) atoms. The molecule has 206 valence electrons. The predicted molar refractivity (Wildman–Crippen MR) is 155 cm³/mol. The van der Waals surface area contributed by atoms with Gasteiger partial charge in [0, 0.05) is 41.5 Å². The van der Waals surface area contributed by atoms with Gasteiger partial charge in [-0.2, -0.15) is 5.10 Å². The lowest BCUT2D eigenvalue weighted by Gasteiger charge is -2.15. The van der Waals surface area contributed by atoms with Crippen LogP contribution in [0.3, 0.4) is 0 Å². The van der Waals surface area contributed by atoms with Crippen LogP contribution in [-0.4, -0.2) is 68.4 Å².